The van der Waals surface area contributed by atoms with Gasteiger partial charge in [-0.15, -0.1) is 0 Å². The van der Waals surface area contributed by atoms with E-state index in [9.17, 15) is 4.79 Å². The molecule has 2 aromatic rings. The van der Waals surface area contributed by atoms with Crippen LogP contribution < -0.4 is 15.4 Å². The van der Waals surface area contributed by atoms with E-state index in [4.69, 9.17) is 4.74 Å². The van der Waals surface area contributed by atoms with Crippen LogP contribution in [0.4, 0.5) is 11.4 Å². The molecule has 104 valence electrons. The maximum Gasteiger partial charge on any atom is 0.255 e. The van der Waals surface area contributed by atoms with Crippen LogP contribution in [0.3, 0.4) is 0 Å². The van der Waals surface area contributed by atoms with Gasteiger partial charge in [0.2, 0.25) is 0 Å². The lowest BCUT2D eigenvalue weighted by atomic mass is 10.1. The Morgan fingerprint density at radius 2 is 1.70 bits per heavy atom. The molecule has 0 bridgehead atoms. The quantitative estimate of drug-likeness (QED) is 0.896. The molecule has 4 heteroatoms. The van der Waals surface area contributed by atoms with Gasteiger partial charge >= 0.3 is 0 Å². The van der Waals surface area contributed by atoms with E-state index in [1.54, 1.807) is 7.11 Å². The second-order valence-corrected chi connectivity index (χ2v) is 4.46. The predicted molar refractivity (Wildman–Crippen MR) is 81.7 cm³/mol. The maximum atomic E-state index is 12.2. The minimum absolute atomic E-state index is 0.115. The first kappa shape index (κ1) is 13.9. The highest BCUT2D eigenvalue weighted by Crippen LogP contribution is 2.18. The molecule has 0 aliphatic heterocycles. The Morgan fingerprint density at radius 3 is 2.25 bits per heavy atom. The Bertz CT molecular complexity index is 606. The molecule has 0 fully saturated rings. The summed E-state index contributed by atoms with van der Waals surface area (Å²) in [4.78, 5) is 12.2. The number of hydrogen-bond acceptors (Lipinski definition) is 3. The number of amides is 1. The van der Waals surface area contributed by atoms with E-state index >= 15 is 0 Å². The molecule has 0 atom stereocenters. The molecule has 20 heavy (non-hydrogen) atoms. The van der Waals surface area contributed by atoms with Crippen LogP contribution in [-0.2, 0) is 0 Å². The van der Waals surface area contributed by atoms with Gasteiger partial charge in [-0.3, -0.25) is 4.79 Å². The van der Waals surface area contributed by atoms with Crippen LogP contribution in [-0.4, -0.2) is 20.1 Å². The van der Waals surface area contributed by atoms with Gasteiger partial charge in [0.05, 0.1) is 7.11 Å². The number of hydrogen-bond donors (Lipinski definition) is 2. The first-order valence-electron chi connectivity index (χ1n) is 6.38. The Hall–Kier alpha value is -2.49. The van der Waals surface area contributed by atoms with Crippen molar-refractivity contribution in [1.29, 1.82) is 0 Å². The summed E-state index contributed by atoms with van der Waals surface area (Å²) >= 11 is 0. The summed E-state index contributed by atoms with van der Waals surface area (Å²) < 4.78 is 5.08. The van der Waals surface area contributed by atoms with Crippen molar-refractivity contribution in [3.05, 3.63) is 53.6 Å². The number of ether oxygens (including phenoxy) is 1. The van der Waals surface area contributed by atoms with Gasteiger partial charge in [-0.2, -0.15) is 0 Å². The molecule has 0 aliphatic carbocycles. The minimum atomic E-state index is -0.115. The van der Waals surface area contributed by atoms with Crippen LogP contribution in [0.1, 0.15) is 15.9 Å². The first-order chi connectivity index (χ1) is 9.63. The minimum Gasteiger partial charge on any atom is -0.497 e. The lowest BCUT2D eigenvalue weighted by molar-refractivity contribution is 0.102. The molecule has 1 amide bonds. The standard InChI is InChI=1S/C16H18N2O2/c1-11-10-13(17-2)6-9-15(11)16(19)18-12-4-7-14(20-3)8-5-12/h4-10,17H,1-3H3,(H,18,19). The average Bonchev–Trinajstić information content (AvgIpc) is 2.47. The SMILES string of the molecule is CNc1ccc(C(=O)Nc2ccc(OC)cc2)c(C)c1. The van der Waals surface area contributed by atoms with E-state index in [1.807, 2.05) is 56.4 Å². The van der Waals surface area contributed by atoms with Crippen LogP contribution >= 0.6 is 0 Å². The van der Waals surface area contributed by atoms with E-state index in [0.29, 0.717) is 5.56 Å². The molecule has 0 aliphatic rings. The molecule has 4 nitrogen and oxygen atoms in total. The van der Waals surface area contributed by atoms with Crippen molar-refractivity contribution in [1.82, 2.24) is 0 Å². The normalized spacial score (nSPS) is 9.95. The monoisotopic (exact) mass is 270 g/mol. The fraction of sp³-hybridized carbons (Fsp3) is 0.188. The molecule has 2 N–H and O–H groups in total. The zero-order chi connectivity index (χ0) is 14.5. The molecule has 2 aromatic carbocycles. The van der Waals surface area contributed by atoms with E-state index < -0.39 is 0 Å². The number of nitrogens with one attached hydrogen (secondary N) is 2. The average molecular weight is 270 g/mol. The van der Waals surface area contributed by atoms with Gasteiger partial charge in [-0.05, 0) is 55.0 Å². The van der Waals surface area contributed by atoms with E-state index in [-0.39, 0.29) is 5.91 Å². The zero-order valence-corrected chi connectivity index (χ0v) is 11.9. The number of methoxy groups -OCH3 is 1. The predicted octanol–water partition coefficient (Wildman–Crippen LogP) is 3.30. The maximum absolute atomic E-state index is 12.2. The van der Waals surface area contributed by atoms with Gasteiger partial charge in [-0.25, -0.2) is 0 Å². The van der Waals surface area contributed by atoms with Gasteiger partial charge < -0.3 is 15.4 Å². The van der Waals surface area contributed by atoms with Crippen LogP contribution in [0.25, 0.3) is 0 Å². The molecular formula is C16H18N2O2. The third-order valence-electron chi connectivity index (χ3n) is 3.11. The summed E-state index contributed by atoms with van der Waals surface area (Å²) in [5.41, 5.74) is 3.33. The first-order valence-corrected chi connectivity index (χ1v) is 6.38. The largest absolute Gasteiger partial charge is 0.497 e. The van der Waals surface area contributed by atoms with E-state index in [0.717, 1.165) is 22.7 Å². The lowest BCUT2D eigenvalue weighted by Crippen LogP contribution is -2.13. The Balaban J connectivity index is 2.14. The van der Waals surface area contributed by atoms with Crippen LogP contribution in [0.15, 0.2) is 42.5 Å². The highest BCUT2D eigenvalue weighted by molar-refractivity contribution is 6.05. The number of carbonyl (C=O) groups is 1. The third kappa shape index (κ3) is 3.09. The second kappa shape index (κ2) is 6.10. The van der Waals surface area contributed by atoms with Gasteiger partial charge in [0.1, 0.15) is 5.75 Å². The fourth-order valence-corrected chi connectivity index (χ4v) is 1.95. The number of benzene rings is 2. The summed E-state index contributed by atoms with van der Waals surface area (Å²) in [5.74, 6) is 0.646. The van der Waals surface area contributed by atoms with Crippen molar-refractivity contribution < 1.29 is 9.53 Å². The Morgan fingerprint density at radius 1 is 1.05 bits per heavy atom. The third-order valence-corrected chi connectivity index (χ3v) is 3.11. The van der Waals surface area contributed by atoms with Gasteiger partial charge in [0, 0.05) is 24.0 Å². The zero-order valence-electron chi connectivity index (χ0n) is 11.9. The number of carbonyl (C=O) groups excluding carboxylic acids is 1. The van der Waals surface area contributed by atoms with Crippen molar-refractivity contribution in [3.63, 3.8) is 0 Å². The molecule has 0 saturated heterocycles. The highest BCUT2D eigenvalue weighted by Gasteiger charge is 2.09. The molecule has 0 spiro atoms. The van der Waals surface area contributed by atoms with Crippen molar-refractivity contribution in [2.45, 2.75) is 6.92 Å². The van der Waals surface area contributed by atoms with Crippen LogP contribution in [0.2, 0.25) is 0 Å². The lowest BCUT2D eigenvalue weighted by Gasteiger charge is -2.10. The smallest absolute Gasteiger partial charge is 0.255 e. The van der Waals surface area contributed by atoms with Crippen LogP contribution in [0.5, 0.6) is 5.75 Å². The number of rotatable bonds is 4. The molecule has 2 rings (SSSR count). The summed E-state index contributed by atoms with van der Waals surface area (Å²) in [5, 5.41) is 5.92. The Labute approximate surface area is 118 Å². The van der Waals surface area contributed by atoms with Gasteiger partial charge in [-0.1, -0.05) is 0 Å². The van der Waals surface area contributed by atoms with Crippen LogP contribution in [0, 0.1) is 6.92 Å². The number of aryl methyl sites for hydroxylation is 1. The highest BCUT2D eigenvalue weighted by atomic mass is 16.5. The van der Waals surface area contributed by atoms with Gasteiger partial charge in [0.15, 0.2) is 0 Å². The molecule has 0 saturated carbocycles. The summed E-state index contributed by atoms with van der Waals surface area (Å²) in [6.07, 6.45) is 0. The summed E-state index contributed by atoms with van der Waals surface area (Å²) in [7, 11) is 3.46. The Kier molecular flexibility index (Phi) is 4.25. The van der Waals surface area contributed by atoms with Gasteiger partial charge in [0.25, 0.3) is 5.91 Å². The summed E-state index contributed by atoms with van der Waals surface area (Å²) in [6.45, 7) is 1.92. The molecule has 0 unspecified atom stereocenters. The molecule has 0 radical (unpaired) electrons. The van der Waals surface area contributed by atoms with Crippen molar-refractivity contribution in [3.8, 4) is 5.75 Å². The van der Waals surface area contributed by atoms with E-state index in [1.165, 1.54) is 0 Å². The molecule has 0 aromatic heterocycles. The molecular weight excluding hydrogens is 252 g/mol. The topological polar surface area (TPSA) is 50.4 Å². The number of anilines is 2. The van der Waals surface area contributed by atoms with Crippen molar-refractivity contribution in [2.24, 2.45) is 0 Å². The second-order valence-electron chi connectivity index (χ2n) is 4.46. The molecule has 0 heterocycles. The fourth-order valence-electron chi connectivity index (χ4n) is 1.95. The van der Waals surface area contributed by atoms with Crippen molar-refractivity contribution in [2.75, 3.05) is 24.8 Å². The van der Waals surface area contributed by atoms with E-state index in [2.05, 4.69) is 10.6 Å². The van der Waals surface area contributed by atoms with Crippen molar-refractivity contribution >= 4 is 17.3 Å². The summed E-state index contributed by atoms with van der Waals surface area (Å²) in [6, 6.07) is 12.9.